The number of aliphatic imine (C=N–C) groups is 1. The van der Waals surface area contributed by atoms with Crippen molar-refractivity contribution < 1.29 is 17.9 Å². The van der Waals surface area contributed by atoms with E-state index in [0.29, 0.717) is 17.2 Å². The van der Waals surface area contributed by atoms with Crippen LogP contribution in [0.1, 0.15) is 5.56 Å². The first kappa shape index (κ1) is 21.3. The maximum absolute atomic E-state index is 12.9. The summed E-state index contributed by atoms with van der Waals surface area (Å²) in [5.41, 5.74) is 1.26. The lowest BCUT2D eigenvalue weighted by Crippen LogP contribution is -2.01. The van der Waals surface area contributed by atoms with Crippen LogP contribution in [-0.4, -0.2) is 21.7 Å². The molecule has 4 aromatic carbocycles. The van der Waals surface area contributed by atoms with Gasteiger partial charge >= 0.3 is 0 Å². The summed E-state index contributed by atoms with van der Waals surface area (Å²) in [4.78, 5) is 4.86. The van der Waals surface area contributed by atoms with Crippen molar-refractivity contribution in [2.75, 3.05) is 7.11 Å². The van der Waals surface area contributed by atoms with Crippen LogP contribution in [0.3, 0.4) is 0 Å². The highest BCUT2D eigenvalue weighted by Crippen LogP contribution is 2.32. The third-order valence-corrected chi connectivity index (χ3v) is 6.49. The Kier molecular flexibility index (Phi) is 6.33. The van der Waals surface area contributed by atoms with Crippen LogP contribution in [0.15, 0.2) is 118 Å². The molecule has 0 aliphatic rings. The Labute approximate surface area is 187 Å². The van der Waals surface area contributed by atoms with Crippen molar-refractivity contribution in [2.45, 2.75) is 9.79 Å². The smallest absolute Gasteiger partial charge is 0.206 e. The van der Waals surface area contributed by atoms with Gasteiger partial charge in [0.1, 0.15) is 22.9 Å². The van der Waals surface area contributed by atoms with Crippen molar-refractivity contribution in [3.63, 3.8) is 0 Å². The summed E-state index contributed by atoms with van der Waals surface area (Å²) in [5.74, 6) is 1.95. The van der Waals surface area contributed by atoms with Gasteiger partial charge in [0.2, 0.25) is 9.84 Å². The Bertz CT molecular complexity index is 1320. The SMILES string of the molecule is COc1ccc(S(=O)(=O)c2ccccc2)cc1N=Cc1ccc(Oc2ccccc2)cc1. The molecule has 32 heavy (non-hydrogen) atoms. The van der Waals surface area contributed by atoms with E-state index in [1.54, 1.807) is 42.6 Å². The number of rotatable bonds is 7. The van der Waals surface area contributed by atoms with Gasteiger partial charge in [0.15, 0.2) is 0 Å². The van der Waals surface area contributed by atoms with Crippen molar-refractivity contribution >= 4 is 21.7 Å². The van der Waals surface area contributed by atoms with E-state index in [1.807, 2.05) is 54.6 Å². The first-order valence-electron chi connectivity index (χ1n) is 9.91. The second kappa shape index (κ2) is 9.49. The van der Waals surface area contributed by atoms with E-state index in [-0.39, 0.29) is 9.79 Å². The minimum absolute atomic E-state index is 0.156. The molecule has 0 radical (unpaired) electrons. The van der Waals surface area contributed by atoms with Gasteiger partial charge in [0.05, 0.1) is 16.9 Å². The molecule has 0 unspecified atom stereocenters. The summed E-state index contributed by atoms with van der Waals surface area (Å²) in [7, 11) is -2.13. The molecular weight excluding hydrogens is 422 g/mol. The fourth-order valence-electron chi connectivity index (χ4n) is 3.06. The quantitative estimate of drug-likeness (QED) is 0.325. The summed E-state index contributed by atoms with van der Waals surface area (Å²) in [5, 5.41) is 0. The van der Waals surface area contributed by atoms with E-state index in [1.165, 1.54) is 19.2 Å². The van der Waals surface area contributed by atoms with Gasteiger partial charge in [0.25, 0.3) is 0 Å². The number of methoxy groups -OCH3 is 1. The topological polar surface area (TPSA) is 65.0 Å². The Balaban J connectivity index is 1.57. The van der Waals surface area contributed by atoms with Crippen LogP contribution in [0.2, 0.25) is 0 Å². The molecule has 160 valence electrons. The number of ether oxygens (including phenoxy) is 2. The maximum atomic E-state index is 12.9. The van der Waals surface area contributed by atoms with Gasteiger partial charge < -0.3 is 9.47 Å². The van der Waals surface area contributed by atoms with Gasteiger partial charge in [-0.3, -0.25) is 4.99 Å². The largest absolute Gasteiger partial charge is 0.494 e. The second-order valence-corrected chi connectivity index (χ2v) is 8.84. The second-order valence-electron chi connectivity index (χ2n) is 6.89. The first-order valence-corrected chi connectivity index (χ1v) is 11.4. The molecule has 0 saturated heterocycles. The minimum atomic E-state index is -3.65. The standard InChI is InChI=1S/C26H21NO4S/c1-30-26-17-16-24(32(28,29)23-10-6-3-7-11-23)18-25(26)27-19-20-12-14-22(15-13-20)31-21-8-4-2-5-9-21/h2-19H,1H3. The molecule has 0 spiro atoms. The number of hydrogen-bond donors (Lipinski definition) is 0. The van der Waals surface area contributed by atoms with Gasteiger partial charge in [-0.1, -0.05) is 36.4 Å². The lowest BCUT2D eigenvalue weighted by Gasteiger charge is -2.09. The fraction of sp³-hybridized carbons (Fsp3) is 0.0385. The highest BCUT2D eigenvalue weighted by Gasteiger charge is 2.19. The van der Waals surface area contributed by atoms with Crippen LogP contribution in [0.5, 0.6) is 17.2 Å². The van der Waals surface area contributed by atoms with Crippen molar-refractivity contribution in [3.05, 3.63) is 109 Å². The van der Waals surface area contributed by atoms with Crippen LogP contribution in [0.25, 0.3) is 0 Å². The Hall–Kier alpha value is -3.90. The summed E-state index contributed by atoms with van der Waals surface area (Å²) >= 11 is 0. The first-order chi connectivity index (χ1) is 15.6. The summed E-state index contributed by atoms with van der Waals surface area (Å²) in [6, 6.07) is 29.9. The zero-order chi connectivity index (χ0) is 22.4. The van der Waals surface area contributed by atoms with Gasteiger partial charge in [0, 0.05) is 6.21 Å². The Morgan fingerprint density at radius 2 is 1.34 bits per heavy atom. The molecule has 0 fully saturated rings. The highest BCUT2D eigenvalue weighted by molar-refractivity contribution is 7.91. The monoisotopic (exact) mass is 443 g/mol. The van der Waals surface area contributed by atoms with Crippen LogP contribution in [0, 0.1) is 0 Å². The zero-order valence-electron chi connectivity index (χ0n) is 17.4. The molecular formula is C26H21NO4S. The average Bonchev–Trinajstić information content (AvgIpc) is 2.84. The summed E-state index contributed by atoms with van der Waals surface area (Å²) in [6.45, 7) is 0. The van der Waals surface area contributed by atoms with Gasteiger partial charge in [-0.25, -0.2) is 8.42 Å². The Morgan fingerprint density at radius 3 is 2.00 bits per heavy atom. The van der Waals surface area contributed by atoms with Crippen molar-refractivity contribution in [1.29, 1.82) is 0 Å². The van der Waals surface area contributed by atoms with Crippen LogP contribution >= 0.6 is 0 Å². The molecule has 0 bridgehead atoms. The number of sulfone groups is 1. The van der Waals surface area contributed by atoms with E-state index in [9.17, 15) is 8.42 Å². The van der Waals surface area contributed by atoms with Gasteiger partial charge in [-0.2, -0.15) is 0 Å². The fourth-order valence-corrected chi connectivity index (χ4v) is 4.37. The lowest BCUT2D eigenvalue weighted by atomic mass is 10.2. The van der Waals surface area contributed by atoms with Crippen LogP contribution in [-0.2, 0) is 9.84 Å². The molecule has 0 heterocycles. The van der Waals surface area contributed by atoms with Crippen LogP contribution in [0.4, 0.5) is 5.69 Å². The van der Waals surface area contributed by atoms with Gasteiger partial charge in [-0.05, 0) is 72.3 Å². The summed E-state index contributed by atoms with van der Waals surface area (Å²) in [6.07, 6.45) is 1.66. The number of nitrogens with zero attached hydrogens (tertiary/aromatic N) is 1. The molecule has 6 heteroatoms. The molecule has 0 amide bonds. The molecule has 0 aliphatic heterocycles. The number of benzene rings is 4. The molecule has 0 N–H and O–H groups in total. The van der Waals surface area contributed by atoms with E-state index in [4.69, 9.17) is 9.47 Å². The number of para-hydroxylation sites is 1. The molecule has 0 saturated carbocycles. The Morgan fingerprint density at radius 1 is 0.719 bits per heavy atom. The third kappa shape index (κ3) is 4.87. The third-order valence-electron chi connectivity index (χ3n) is 4.73. The van der Waals surface area contributed by atoms with Crippen molar-refractivity contribution in [2.24, 2.45) is 4.99 Å². The highest BCUT2D eigenvalue weighted by atomic mass is 32.2. The van der Waals surface area contributed by atoms with Crippen molar-refractivity contribution in [1.82, 2.24) is 0 Å². The summed E-state index contributed by atoms with van der Waals surface area (Å²) < 4.78 is 37.0. The predicted molar refractivity (Wildman–Crippen MR) is 125 cm³/mol. The van der Waals surface area contributed by atoms with Crippen LogP contribution < -0.4 is 9.47 Å². The molecule has 4 aromatic rings. The molecule has 4 rings (SSSR count). The minimum Gasteiger partial charge on any atom is -0.494 e. The van der Waals surface area contributed by atoms with E-state index < -0.39 is 9.84 Å². The lowest BCUT2D eigenvalue weighted by molar-refractivity contribution is 0.416. The van der Waals surface area contributed by atoms with Crippen molar-refractivity contribution in [3.8, 4) is 17.2 Å². The molecule has 0 aliphatic carbocycles. The number of hydrogen-bond acceptors (Lipinski definition) is 5. The molecule has 5 nitrogen and oxygen atoms in total. The average molecular weight is 444 g/mol. The van der Waals surface area contributed by atoms with E-state index >= 15 is 0 Å². The van der Waals surface area contributed by atoms with E-state index in [2.05, 4.69) is 4.99 Å². The van der Waals surface area contributed by atoms with E-state index in [0.717, 1.165) is 11.3 Å². The predicted octanol–water partition coefficient (Wildman–Crippen LogP) is 6.07. The molecule has 0 aromatic heterocycles. The molecule has 0 atom stereocenters. The van der Waals surface area contributed by atoms with Gasteiger partial charge in [-0.15, -0.1) is 0 Å². The maximum Gasteiger partial charge on any atom is 0.206 e. The zero-order valence-corrected chi connectivity index (χ0v) is 18.2. The normalized spacial score (nSPS) is 11.4.